The topological polar surface area (TPSA) is 28.2 Å². The third-order valence-electron chi connectivity index (χ3n) is 3.53. The van der Waals surface area contributed by atoms with E-state index in [1.54, 1.807) is 0 Å². The van der Waals surface area contributed by atoms with Crippen molar-refractivity contribution in [1.29, 1.82) is 0 Å². The molecule has 0 amide bonds. The number of nitrogens with one attached hydrogen (secondary N) is 1. The zero-order valence-corrected chi connectivity index (χ0v) is 11.9. The molecule has 0 spiro atoms. The van der Waals surface area contributed by atoms with Crippen molar-refractivity contribution in [3.05, 3.63) is 29.6 Å². The standard InChI is InChI=1S/C14H25N3/c1-7-15-13(14(3,4)17(5)6)12-9-8-11(2)16-10-12/h8-10,13,15H,7H2,1-6H3. The molecule has 0 saturated carbocycles. The Bertz CT molecular complexity index is 341. The number of rotatable bonds is 5. The predicted molar refractivity (Wildman–Crippen MR) is 73.2 cm³/mol. The highest BCUT2D eigenvalue weighted by Crippen LogP contribution is 2.28. The fraction of sp³-hybridized carbons (Fsp3) is 0.643. The number of aromatic nitrogens is 1. The van der Waals surface area contributed by atoms with Gasteiger partial charge in [0.1, 0.15) is 0 Å². The van der Waals surface area contributed by atoms with E-state index in [4.69, 9.17) is 0 Å². The third kappa shape index (κ3) is 3.27. The molecule has 0 bridgehead atoms. The van der Waals surface area contributed by atoms with Gasteiger partial charge in [-0.15, -0.1) is 0 Å². The van der Waals surface area contributed by atoms with Gasteiger partial charge in [-0.1, -0.05) is 13.0 Å². The monoisotopic (exact) mass is 235 g/mol. The van der Waals surface area contributed by atoms with E-state index in [1.165, 1.54) is 5.56 Å². The van der Waals surface area contributed by atoms with Crippen LogP contribution in [0.3, 0.4) is 0 Å². The summed E-state index contributed by atoms with van der Waals surface area (Å²) in [6, 6.07) is 4.53. The first-order chi connectivity index (χ1) is 7.89. The minimum Gasteiger partial charge on any atom is -0.309 e. The average Bonchev–Trinajstić information content (AvgIpc) is 2.27. The SMILES string of the molecule is CCNC(c1ccc(C)nc1)C(C)(C)N(C)C. The Kier molecular flexibility index (Phi) is 4.66. The summed E-state index contributed by atoms with van der Waals surface area (Å²) in [6.45, 7) is 9.61. The van der Waals surface area contributed by atoms with Crippen molar-refractivity contribution >= 4 is 0 Å². The van der Waals surface area contributed by atoms with E-state index < -0.39 is 0 Å². The van der Waals surface area contributed by atoms with Crippen molar-refractivity contribution in [1.82, 2.24) is 15.2 Å². The molecule has 3 nitrogen and oxygen atoms in total. The van der Waals surface area contributed by atoms with Crippen molar-refractivity contribution in [2.45, 2.75) is 39.3 Å². The van der Waals surface area contributed by atoms with Gasteiger partial charge in [0.15, 0.2) is 0 Å². The van der Waals surface area contributed by atoms with Gasteiger partial charge in [-0.2, -0.15) is 0 Å². The van der Waals surface area contributed by atoms with Gasteiger partial charge in [0, 0.05) is 17.4 Å². The lowest BCUT2D eigenvalue weighted by molar-refractivity contribution is 0.139. The Morgan fingerprint density at radius 1 is 1.35 bits per heavy atom. The molecule has 0 aromatic carbocycles. The fourth-order valence-corrected chi connectivity index (χ4v) is 1.89. The highest BCUT2D eigenvalue weighted by Gasteiger charge is 2.32. The Morgan fingerprint density at radius 2 is 2.00 bits per heavy atom. The minimum atomic E-state index is 0.0486. The highest BCUT2D eigenvalue weighted by molar-refractivity contribution is 5.21. The van der Waals surface area contributed by atoms with Crippen LogP contribution >= 0.6 is 0 Å². The molecule has 1 unspecified atom stereocenters. The van der Waals surface area contributed by atoms with Gasteiger partial charge < -0.3 is 10.2 Å². The van der Waals surface area contributed by atoms with E-state index in [9.17, 15) is 0 Å². The van der Waals surface area contributed by atoms with Crippen molar-refractivity contribution < 1.29 is 0 Å². The maximum atomic E-state index is 4.40. The lowest BCUT2D eigenvalue weighted by atomic mass is 9.88. The Hall–Kier alpha value is -0.930. The number of aryl methyl sites for hydroxylation is 1. The van der Waals surface area contributed by atoms with Crippen LogP contribution in [0.15, 0.2) is 18.3 Å². The van der Waals surface area contributed by atoms with Gasteiger partial charge in [-0.25, -0.2) is 0 Å². The fourth-order valence-electron chi connectivity index (χ4n) is 1.89. The molecule has 0 aliphatic heterocycles. The minimum absolute atomic E-state index is 0.0486. The second-order valence-corrected chi connectivity index (χ2v) is 5.27. The summed E-state index contributed by atoms with van der Waals surface area (Å²) in [7, 11) is 4.23. The summed E-state index contributed by atoms with van der Waals surface area (Å²) in [5.74, 6) is 0. The number of hydrogen-bond donors (Lipinski definition) is 1. The Labute approximate surface area is 105 Å². The van der Waals surface area contributed by atoms with Gasteiger partial charge in [0.2, 0.25) is 0 Å². The zero-order valence-electron chi connectivity index (χ0n) is 11.9. The molecule has 0 fully saturated rings. The second kappa shape index (κ2) is 5.61. The van der Waals surface area contributed by atoms with Crippen LogP contribution < -0.4 is 5.32 Å². The van der Waals surface area contributed by atoms with E-state index in [0.717, 1.165) is 12.2 Å². The summed E-state index contributed by atoms with van der Waals surface area (Å²) in [5.41, 5.74) is 2.36. The largest absolute Gasteiger partial charge is 0.309 e. The lowest BCUT2D eigenvalue weighted by Gasteiger charge is -2.40. The number of nitrogens with zero attached hydrogens (tertiary/aromatic N) is 2. The van der Waals surface area contributed by atoms with Crippen LogP contribution in [0.4, 0.5) is 0 Å². The van der Waals surface area contributed by atoms with E-state index >= 15 is 0 Å². The van der Waals surface area contributed by atoms with Crippen LogP contribution in [0.5, 0.6) is 0 Å². The smallest absolute Gasteiger partial charge is 0.0516 e. The van der Waals surface area contributed by atoms with Crippen LogP contribution in [0.25, 0.3) is 0 Å². The molecule has 0 aliphatic carbocycles. The maximum absolute atomic E-state index is 4.40. The van der Waals surface area contributed by atoms with Crippen molar-refractivity contribution in [3.63, 3.8) is 0 Å². The molecular formula is C14H25N3. The summed E-state index contributed by atoms with van der Waals surface area (Å²) in [5, 5.41) is 3.56. The average molecular weight is 235 g/mol. The Morgan fingerprint density at radius 3 is 2.41 bits per heavy atom. The third-order valence-corrected chi connectivity index (χ3v) is 3.53. The molecule has 1 aromatic rings. The maximum Gasteiger partial charge on any atom is 0.0516 e. The molecule has 0 aliphatic rings. The summed E-state index contributed by atoms with van der Waals surface area (Å²) >= 11 is 0. The van der Waals surface area contributed by atoms with Gasteiger partial charge in [0.25, 0.3) is 0 Å². The van der Waals surface area contributed by atoms with Gasteiger partial charge in [-0.3, -0.25) is 4.98 Å². The van der Waals surface area contributed by atoms with Gasteiger partial charge in [0.05, 0.1) is 6.04 Å². The van der Waals surface area contributed by atoms with Crippen LogP contribution in [0, 0.1) is 6.92 Å². The van der Waals surface area contributed by atoms with E-state index in [-0.39, 0.29) is 11.6 Å². The van der Waals surface area contributed by atoms with Gasteiger partial charge in [-0.05, 0) is 53.0 Å². The first kappa shape index (κ1) is 14.1. The van der Waals surface area contributed by atoms with E-state index in [0.29, 0.717) is 0 Å². The number of likely N-dealkylation sites (N-methyl/N-ethyl adjacent to an activating group) is 2. The lowest BCUT2D eigenvalue weighted by Crippen LogP contribution is -2.49. The molecule has 1 heterocycles. The van der Waals surface area contributed by atoms with E-state index in [1.807, 2.05) is 13.1 Å². The molecule has 0 saturated heterocycles. The van der Waals surface area contributed by atoms with Crippen molar-refractivity contribution in [2.24, 2.45) is 0 Å². The predicted octanol–water partition coefficient (Wildman–Crippen LogP) is 2.38. The summed E-state index contributed by atoms with van der Waals surface area (Å²) in [6.07, 6.45) is 1.98. The normalized spacial score (nSPS) is 14.1. The second-order valence-electron chi connectivity index (χ2n) is 5.27. The first-order valence-electron chi connectivity index (χ1n) is 6.23. The van der Waals surface area contributed by atoms with E-state index in [2.05, 4.69) is 62.2 Å². The number of hydrogen-bond acceptors (Lipinski definition) is 3. The highest BCUT2D eigenvalue weighted by atomic mass is 15.2. The summed E-state index contributed by atoms with van der Waals surface area (Å²) < 4.78 is 0. The van der Waals surface area contributed by atoms with Crippen LogP contribution in [0.1, 0.15) is 38.1 Å². The first-order valence-corrected chi connectivity index (χ1v) is 6.23. The number of pyridine rings is 1. The Balaban J connectivity index is 3.04. The molecule has 1 atom stereocenters. The van der Waals surface area contributed by atoms with Crippen LogP contribution in [-0.2, 0) is 0 Å². The van der Waals surface area contributed by atoms with Crippen molar-refractivity contribution in [3.8, 4) is 0 Å². The summed E-state index contributed by atoms with van der Waals surface area (Å²) in [4.78, 5) is 6.65. The molecular weight excluding hydrogens is 210 g/mol. The molecule has 1 rings (SSSR count). The molecule has 0 radical (unpaired) electrons. The quantitative estimate of drug-likeness (QED) is 0.849. The van der Waals surface area contributed by atoms with Gasteiger partial charge >= 0.3 is 0 Å². The molecule has 96 valence electrons. The molecule has 1 aromatic heterocycles. The molecule has 17 heavy (non-hydrogen) atoms. The van der Waals surface area contributed by atoms with Crippen LogP contribution in [-0.4, -0.2) is 36.1 Å². The van der Waals surface area contributed by atoms with Crippen molar-refractivity contribution in [2.75, 3.05) is 20.6 Å². The van der Waals surface area contributed by atoms with Crippen LogP contribution in [0.2, 0.25) is 0 Å². The molecule has 1 N–H and O–H groups in total. The molecule has 3 heteroatoms. The zero-order chi connectivity index (χ0) is 13.1.